The number of benzene rings is 2. The Labute approximate surface area is 292 Å². The highest BCUT2D eigenvalue weighted by atomic mass is 35.5. The number of ether oxygens (including phenoxy) is 1. The molecule has 2 amide bonds. The van der Waals surface area contributed by atoms with Gasteiger partial charge in [-0.3, -0.25) is 14.8 Å². The Morgan fingerprint density at radius 1 is 1.00 bits per heavy atom. The van der Waals surface area contributed by atoms with Crippen LogP contribution in [0.3, 0.4) is 0 Å². The highest BCUT2D eigenvalue weighted by Gasteiger charge is 2.26. The van der Waals surface area contributed by atoms with Gasteiger partial charge in [0.25, 0.3) is 0 Å². The standard InChI is InChI=1S/C36H34Cl2N6O5/c1-49-35-22(19-44(36(47)48)20-24-9-11-32(46)42-24)8-10-29(43-35)27-6-2-4-25(33(27)37)26-5-3-7-28(34(26)38)31-15-30-23(18-41-31)14-21(17-40-30)16-39-12-13-45/h2-8,10,14-15,17-18,24,39,45H,9,11-13,16,19-20H2,1H3,(H,42,46)(H,47,48). The zero-order valence-corrected chi connectivity index (χ0v) is 28.1. The third-order valence-electron chi connectivity index (χ3n) is 8.37. The normalized spacial score (nSPS) is 14.2. The molecule has 4 N–H and O–H groups in total. The van der Waals surface area contributed by atoms with Gasteiger partial charge in [0.2, 0.25) is 11.8 Å². The summed E-state index contributed by atoms with van der Waals surface area (Å²) in [5.74, 6) is 0.192. The second kappa shape index (κ2) is 15.2. The number of halogens is 2. The number of hydrogen-bond donors (Lipinski definition) is 4. The van der Waals surface area contributed by atoms with Crippen LogP contribution in [-0.2, 0) is 17.9 Å². The fourth-order valence-corrected chi connectivity index (χ4v) is 6.56. The van der Waals surface area contributed by atoms with Crippen molar-refractivity contribution in [3.05, 3.63) is 94.2 Å². The van der Waals surface area contributed by atoms with Gasteiger partial charge in [0, 0.05) is 77.7 Å². The number of carbonyl (C=O) groups excluding carboxylic acids is 1. The van der Waals surface area contributed by atoms with Crippen LogP contribution in [0, 0.1) is 0 Å². The number of nitrogens with one attached hydrogen (secondary N) is 2. The second-order valence-corrected chi connectivity index (χ2v) is 12.4. The molecule has 49 heavy (non-hydrogen) atoms. The topological polar surface area (TPSA) is 150 Å². The van der Waals surface area contributed by atoms with Crippen LogP contribution in [0.25, 0.3) is 44.5 Å². The lowest BCUT2D eigenvalue weighted by atomic mass is 9.98. The molecule has 4 heterocycles. The van der Waals surface area contributed by atoms with Crippen LogP contribution in [0.2, 0.25) is 10.0 Å². The van der Waals surface area contributed by atoms with Gasteiger partial charge in [-0.2, -0.15) is 0 Å². The van der Waals surface area contributed by atoms with E-state index in [1.54, 1.807) is 24.5 Å². The van der Waals surface area contributed by atoms with E-state index in [9.17, 15) is 14.7 Å². The maximum atomic E-state index is 12.0. The number of fused-ring (bicyclic) bond motifs is 1. The summed E-state index contributed by atoms with van der Waals surface area (Å²) in [7, 11) is 1.48. The van der Waals surface area contributed by atoms with Gasteiger partial charge in [-0.25, -0.2) is 9.78 Å². The van der Waals surface area contributed by atoms with Crippen molar-refractivity contribution in [3.8, 4) is 39.5 Å². The van der Waals surface area contributed by atoms with Crippen molar-refractivity contribution >= 4 is 46.1 Å². The first-order valence-electron chi connectivity index (χ1n) is 15.7. The predicted octanol–water partition coefficient (Wildman–Crippen LogP) is 6.18. The molecule has 2 aromatic carbocycles. The molecule has 1 fully saturated rings. The van der Waals surface area contributed by atoms with Gasteiger partial charge in [0.05, 0.1) is 47.2 Å². The fourth-order valence-electron chi connectivity index (χ4n) is 5.91. The van der Waals surface area contributed by atoms with Crippen molar-refractivity contribution < 1.29 is 24.5 Å². The van der Waals surface area contributed by atoms with Gasteiger partial charge >= 0.3 is 6.09 Å². The number of nitrogens with zero attached hydrogens (tertiary/aromatic N) is 4. The van der Waals surface area contributed by atoms with E-state index in [4.69, 9.17) is 38.0 Å². The van der Waals surface area contributed by atoms with Crippen molar-refractivity contribution in [2.75, 3.05) is 26.8 Å². The number of hydrogen-bond acceptors (Lipinski definition) is 8. The van der Waals surface area contributed by atoms with E-state index in [0.29, 0.717) is 69.6 Å². The van der Waals surface area contributed by atoms with E-state index >= 15 is 0 Å². The van der Waals surface area contributed by atoms with Gasteiger partial charge in [-0.15, -0.1) is 0 Å². The number of carboxylic acid groups (broad SMARTS) is 1. The van der Waals surface area contributed by atoms with Gasteiger partial charge in [-0.1, -0.05) is 59.6 Å². The van der Waals surface area contributed by atoms with Crippen LogP contribution in [0.1, 0.15) is 24.0 Å². The first-order valence-corrected chi connectivity index (χ1v) is 16.5. The van der Waals surface area contributed by atoms with E-state index in [0.717, 1.165) is 22.0 Å². The Balaban J connectivity index is 1.27. The minimum absolute atomic E-state index is 0.0374. The maximum absolute atomic E-state index is 12.0. The summed E-state index contributed by atoms with van der Waals surface area (Å²) in [6, 6.07) is 18.5. The third-order valence-corrected chi connectivity index (χ3v) is 9.18. The second-order valence-electron chi connectivity index (χ2n) is 11.7. The van der Waals surface area contributed by atoms with Crippen LogP contribution in [-0.4, -0.2) is 74.9 Å². The lowest BCUT2D eigenvalue weighted by Gasteiger charge is -2.23. The fraction of sp³-hybridized carbons (Fsp3) is 0.250. The first kappa shape index (κ1) is 34.1. The molecule has 0 radical (unpaired) electrons. The molecular weight excluding hydrogens is 667 g/mol. The first-order chi connectivity index (χ1) is 23.7. The van der Waals surface area contributed by atoms with E-state index in [-0.39, 0.29) is 37.5 Å². The van der Waals surface area contributed by atoms with Gasteiger partial charge in [0.1, 0.15) is 0 Å². The minimum atomic E-state index is -1.10. The van der Waals surface area contributed by atoms with E-state index in [1.165, 1.54) is 12.0 Å². The molecule has 252 valence electrons. The monoisotopic (exact) mass is 700 g/mol. The number of rotatable bonds is 12. The summed E-state index contributed by atoms with van der Waals surface area (Å²) in [4.78, 5) is 38.9. The third kappa shape index (κ3) is 7.60. The molecule has 3 aromatic heterocycles. The number of aromatic nitrogens is 3. The lowest BCUT2D eigenvalue weighted by Crippen LogP contribution is -2.41. The molecule has 1 aliphatic heterocycles. The molecule has 13 heteroatoms. The Hall–Kier alpha value is -4.81. The highest BCUT2D eigenvalue weighted by Crippen LogP contribution is 2.42. The Morgan fingerprint density at radius 2 is 1.71 bits per heavy atom. The van der Waals surface area contributed by atoms with Crippen LogP contribution >= 0.6 is 23.2 Å². The summed E-state index contributed by atoms with van der Waals surface area (Å²) in [6.07, 6.45) is 3.44. The van der Waals surface area contributed by atoms with Gasteiger partial charge in [0.15, 0.2) is 0 Å². The number of methoxy groups -OCH3 is 1. The van der Waals surface area contributed by atoms with Crippen LogP contribution in [0.5, 0.6) is 5.88 Å². The van der Waals surface area contributed by atoms with Crippen molar-refractivity contribution in [2.24, 2.45) is 0 Å². The maximum Gasteiger partial charge on any atom is 0.407 e. The van der Waals surface area contributed by atoms with E-state index in [1.807, 2.05) is 48.5 Å². The molecule has 0 spiro atoms. The molecule has 0 bridgehead atoms. The molecular formula is C36H34Cl2N6O5. The highest BCUT2D eigenvalue weighted by molar-refractivity contribution is 6.39. The molecule has 1 unspecified atom stereocenters. The minimum Gasteiger partial charge on any atom is -0.481 e. The molecule has 0 saturated carbocycles. The summed E-state index contributed by atoms with van der Waals surface area (Å²) < 4.78 is 5.58. The molecule has 1 aliphatic rings. The molecule has 11 nitrogen and oxygen atoms in total. The van der Waals surface area contributed by atoms with Crippen LogP contribution in [0.15, 0.2) is 73.1 Å². The number of amides is 2. The lowest BCUT2D eigenvalue weighted by molar-refractivity contribution is -0.119. The summed E-state index contributed by atoms with van der Waals surface area (Å²) in [5, 5.41) is 26.6. The summed E-state index contributed by atoms with van der Waals surface area (Å²) >= 11 is 14.1. The van der Waals surface area contributed by atoms with Crippen LogP contribution in [0.4, 0.5) is 4.79 Å². The van der Waals surface area contributed by atoms with Crippen LogP contribution < -0.4 is 15.4 Å². The predicted molar refractivity (Wildman–Crippen MR) is 189 cm³/mol. The Bertz CT molecular complexity index is 2030. The van der Waals surface area contributed by atoms with Crippen molar-refractivity contribution in [1.29, 1.82) is 0 Å². The average molecular weight is 702 g/mol. The summed E-state index contributed by atoms with van der Waals surface area (Å²) in [6.45, 7) is 1.37. The van der Waals surface area contributed by atoms with E-state index < -0.39 is 6.09 Å². The zero-order chi connectivity index (χ0) is 34.5. The Kier molecular flexibility index (Phi) is 10.5. The number of aliphatic hydroxyl groups excluding tert-OH is 1. The van der Waals surface area contributed by atoms with Crippen molar-refractivity contribution in [2.45, 2.75) is 32.0 Å². The number of aliphatic hydroxyl groups is 1. The van der Waals surface area contributed by atoms with Gasteiger partial charge in [-0.05, 0) is 36.2 Å². The Morgan fingerprint density at radius 3 is 2.37 bits per heavy atom. The molecule has 6 rings (SSSR count). The SMILES string of the molecule is COc1nc(-c2cccc(-c3cccc(-c4cc5ncc(CNCCO)cc5cn4)c3Cl)c2Cl)ccc1CN(CC1CCC(=O)N1)C(=O)O. The largest absolute Gasteiger partial charge is 0.481 e. The molecule has 1 atom stereocenters. The van der Waals surface area contributed by atoms with Crippen molar-refractivity contribution in [1.82, 2.24) is 30.5 Å². The quantitative estimate of drug-likeness (QED) is 0.112. The zero-order valence-electron chi connectivity index (χ0n) is 26.6. The summed E-state index contributed by atoms with van der Waals surface area (Å²) in [5.41, 5.74) is 6.33. The number of carbonyl (C=O) groups is 2. The van der Waals surface area contributed by atoms with Gasteiger partial charge < -0.3 is 30.5 Å². The molecule has 1 saturated heterocycles. The molecule has 0 aliphatic carbocycles. The van der Waals surface area contributed by atoms with E-state index in [2.05, 4.69) is 20.6 Å². The van der Waals surface area contributed by atoms with Crippen molar-refractivity contribution in [3.63, 3.8) is 0 Å². The average Bonchev–Trinajstić information content (AvgIpc) is 3.52. The smallest absolute Gasteiger partial charge is 0.407 e. The number of pyridine rings is 3. The molecule has 5 aromatic rings.